The number of aryl methyl sites for hydroxylation is 2. The van der Waals surface area contributed by atoms with Crippen LogP contribution >= 0.6 is 45.3 Å². The minimum atomic E-state index is -0.216. The minimum Gasteiger partial charge on any atom is -0.493 e. The molecule has 0 fully saturated rings. The number of unbranched alkanes of at least 4 members (excludes halogenated alkanes) is 5. The van der Waals surface area contributed by atoms with E-state index < -0.39 is 0 Å². The van der Waals surface area contributed by atoms with Gasteiger partial charge in [-0.2, -0.15) is 0 Å². The fraction of sp³-hybridized carbons (Fsp3) is 0.368. The lowest BCUT2D eigenvalue weighted by Crippen LogP contribution is -1.98. The lowest BCUT2D eigenvalue weighted by atomic mass is 9.98. The van der Waals surface area contributed by atoms with E-state index in [1.54, 1.807) is 34.0 Å². The van der Waals surface area contributed by atoms with Crippen molar-refractivity contribution in [2.24, 2.45) is 0 Å². The van der Waals surface area contributed by atoms with E-state index in [0.29, 0.717) is 30.3 Å². The van der Waals surface area contributed by atoms with Gasteiger partial charge in [0, 0.05) is 45.6 Å². The summed E-state index contributed by atoms with van der Waals surface area (Å²) in [4.78, 5) is 4.47. The van der Waals surface area contributed by atoms with Crippen molar-refractivity contribution >= 4 is 97.2 Å². The maximum absolute atomic E-state index is 16.0. The third kappa shape index (κ3) is 5.65. The predicted octanol–water partition coefficient (Wildman–Crippen LogP) is 13.7. The van der Waals surface area contributed by atoms with Crippen molar-refractivity contribution in [1.82, 2.24) is 0 Å². The highest BCUT2D eigenvalue weighted by atomic mass is 32.1. The van der Waals surface area contributed by atoms with Crippen LogP contribution in [-0.4, -0.2) is 19.8 Å². The Morgan fingerprint density at radius 3 is 1.91 bits per heavy atom. The Kier molecular flexibility index (Phi) is 9.16. The topological polar surface area (TPSA) is 27.7 Å². The van der Waals surface area contributed by atoms with Crippen molar-refractivity contribution in [1.29, 1.82) is 0 Å². The Morgan fingerprint density at radius 1 is 0.630 bits per heavy atom. The first-order valence-corrected chi connectivity index (χ1v) is 19.7. The van der Waals surface area contributed by atoms with Crippen molar-refractivity contribution in [3.63, 3.8) is 0 Å². The van der Waals surface area contributed by atoms with Crippen LogP contribution in [0.15, 0.2) is 36.4 Å². The zero-order valence-electron chi connectivity index (χ0n) is 27.1. The van der Waals surface area contributed by atoms with Crippen LogP contribution in [0, 0.1) is 19.7 Å². The Bertz CT molecular complexity index is 2100. The molecule has 0 aliphatic carbocycles. The van der Waals surface area contributed by atoms with E-state index >= 15 is 4.39 Å². The van der Waals surface area contributed by atoms with E-state index in [0.717, 1.165) is 75.3 Å². The first-order valence-electron chi connectivity index (χ1n) is 16.4. The van der Waals surface area contributed by atoms with Gasteiger partial charge in [0.05, 0.1) is 34.8 Å². The Balaban J connectivity index is 1.32. The Hall–Kier alpha value is -2.91. The molecule has 0 atom stereocenters. The van der Waals surface area contributed by atoms with Crippen LogP contribution in [-0.2, 0) is 0 Å². The van der Waals surface area contributed by atoms with Gasteiger partial charge in [0.15, 0.2) is 5.82 Å². The highest BCUT2D eigenvalue weighted by molar-refractivity contribution is 7.30. The number of fused-ring (bicyclic) bond motifs is 5. The second-order valence-corrected chi connectivity index (χ2v) is 16.5. The van der Waals surface area contributed by atoms with E-state index in [-0.39, 0.29) is 5.82 Å². The maximum Gasteiger partial charge on any atom is 0.211 e. The van der Waals surface area contributed by atoms with Gasteiger partial charge in [-0.1, -0.05) is 50.4 Å². The fourth-order valence-electron chi connectivity index (χ4n) is 6.46. The normalized spacial score (nSPS) is 12.0. The van der Waals surface area contributed by atoms with E-state index in [2.05, 4.69) is 57.2 Å². The molecule has 0 aliphatic rings. The lowest BCUT2D eigenvalue weighted by molar-refractivity contribution is 0.300. The number of benzene rings is 3. The molecule has 8 heteroatoms. The zero-order chi connectivity index (χ0) is 31.9. The second kappa shape index (κ2) is 13.3. The third-order valence-electron chi connectivity index (χ3n) is 8.57. The summed E-state index contributed by atoms with van der Waals surface area (Å²) in [6, 6.07) is 13.4. The lowest BCUT2D eigenvalue weighted by Gasteiger charge is -2.17. The monoisotopic (exact) mass is 690 g/mol. The molecule has 0 spiro atoms. The largest absolute Gasteiger partial charge is 0.493 e. The number of rotatable bonds is 13. The summed E-state index contributed by atoms with van der Waals surface area (Å²) >= 11 is 6.64. The van der Waals surface area contributed by atoms with Crippen LogP contribution in [0.5, 0.6) is 16.6 Å². The van der Waals surface area contributed by atoms with Gasteiger partial charge in [-0.3, -0.25) is 0 Å². The van der Waals surface area contributed by atoms with Gasteiger partial charge in [0.2, 0.25) is 5.06 Å². The second-order valence-electron chi connectivity index (χ2n) is 11.9. The molecule has 7 aromatic rings. The first kappa shape index (κ1) is 31.7. The van der Waals surface area contributed by atoms with Crippen molar-refractivity contribution in [3.8, 4) is 26.3 Å². The van der Waals surface area contributed by atoms with Crippen LogP contribution in [0.4, 0.5) is 4.39 Å². The molecule has 4 heterocycles. The molecule has 0 bridgehead atoms. The number of halogens is 1. The quantitative estimate of drug-likeness (QED) is 0.0890. The summed E-state index contributed by atoms with van der Waals surface area (Å²) in [6.07, 6.45) is 7.10. The number of hydrogen-bond donors (Lipinski definition) is 0. The predicted molar refractivity (Wildman–Crippen MR) is 202 cm³/mol. The highest BCUT2D eigenvalue weighted by Gasteiger charge is 2.24. The Morgan fingerprint density at radius 2 is 1.24 bits per heavy atom. The molecule has 0 saturated carbocycles. The van der Waals surface area contributed by atoms with Gasteiger partial charge in [-0.25, -0.2) is 4.39 Å². The van der Waals surface area contributed by atoms with Crippen molar-refractivity contribution in [2.75, 3.05) is 19.8 Å². The van der Waals surface area contributed by atoms with Crippen LogP contribution < -0.4 is 14.2 Å². The first-order chi connectivity index (χ1) is 22.4. The molecule has 0 N–H and O–H groups in total. The van der Waals surface area contributed by atoms with Crippen molar-refractivity contribution in [2.45, 2.75) is 73.1 Å². The molecular weight excluding hydrogens is 652 g/mol. The molecule has 0 unspecified atom stereocenters. The van der Waals surface area contributed by atoms with Gasteiger partial charge < -0.3 is 14.2 Å². The molecule has 0 saturated heterocycles. The summed E-state index contributed by atoms with van der Waals surface area (Å²) in [7, 11) is 0. The molecule has 3 aromatic carbocycles. The average Bonchev–Trinajstić information content (AvgIpc) is 3.79. The van der Waals surface area contributed by atoms with E-state index in [9.17, 15) is 0 Å². The van der Waals surface area contributed by atoms with Crippen LogP contribution in [0.2, 0.25) is 0 Å². The summed E-state index contributed by atoms with van der Waals surface area (Å²) in [6.45, 7) is 12.2. The van der Waals surface area contributed by atoms with Gasteiger partial charge in [-0.05, 0) is 81.3 Å². The molecule has 0 aliphatic heterocycles. The minimum absolute atomic E-state index is 0.216. The molecule has 0 amide bonds. The van der Waals surface area contributed by atoms with E-state index in [1.165, 1.54) is 52.0 Å². The molecule has 7 rings (SSSR count). The maximum atomic E-state index is 16.0. The smallest absolute Gasteiger partial charge is 0.211 e. The van der Waals surface area contributed by atoms with Gasteiger partial charge in [-0.15, -0.1) is 34.0 Å². The molecule has 4 aromatic heterocycles. The summed E-state index contributed by atoms with van der Waals surface area (Å²) < 4.78 is 38.2. The van der Waals surface area contributed by atoms with Crippen molar-refractivity contribution in [3.05, 3.63) is 52.0 Å². The van der Waals surface area contributed by atoms with E-state index in [1.807, 2.05) is 13.8 Å². The summed E-state index contributed by atoms with van der Waals surface area (Å²) in [5.74, 6) is 1.57. The van der Waals surface area contributed by atoms with Crippen LogP contribution in [0.3, 0.4) is 0 Å². The highest BCUT2D eigenvalue weighted by Crippen LogP contribution is 2.52. The molecule has 0 radical (unpaired) electrons. The van der Waals surface area contributed by atoms with Crippen LogP contribution in [0.1, 0.15) is 69.1 Å². The van der Waals surface area contributed by atoms with Gasteiger partial charge in [0.25, 0.3) is 0 Å². The summed E-state index contributed by atoms with van der Waals surface area (Å²) in [5.41, 5.74) is 0. The molecule has 3 nitrogen and oxygen atoms in total. The van der Waals surface area contributed by atoms with E-state index in [4.69, 9.17) is 14.2 Å². The number of ether oxygens (including phenoxy) is 3. The van der Waals surface area contributed by atoms with Crippen molar-refractivity contribution < 1.29 is 18.6 Å². The summed E-state index contributed by atoms with van der Waals surface area (Å²) in [5, 5.41) is 7.71. The standard InChI is InChI=1S/C38H39FO3S4/c1-6-9-10-11-12-13-14-42-38-33(39)32-36(46-38)22(5)44-37(32)31-18-24-17-26-28(20-30(24)45-31)34(40-7-2)25-16-23-15-21(4)43-29(23)19-27(25)35(26)41-8-3/h15-20H,6-14H2,1-5H3. The number of hydrogen-bond acceptors (Lipinski definition) is 7. The average molecular weight is 691 g/mol. The Labute approximate surface area is 285 Å². The number of thiophene rings is 4. The zero-order valence-corrected chi connectivity index (χ0v) is 30.3. The third-order valence-corrected chi connectivity index (χ3v) is 13.3. The van der Waals surface area contributed by atoms with Crippen LogP contribution in [0.25, 0.3) is 61.6 Å². The molecular formula is C38H39FO3S4. The SMILES string of the molecule is CCCCCCCCOc1sc2c(C)sc(-c3cc4cc5c(OCC)c6cc7sc(C)cc7cc6c(OCC)c5cc4s3)c2c1F. The molecule has 46 heavy (non-hydrogen) atoms. The fourth-order valence-corrected chi connectivity index (χ4v) is 10.9. The van der Waals surface area contributed by atoms with Gasteiger partial charge in [0.1, 0.15) is 11.5 Å². The van der Waals surface area contributed by atoms with Gasteiger partial charge >= 0.3 is 0 Å². The molecule has 240 valence electrons.